The minimum absolute atomic E-state index is 0.0540. The fraction of sp³-hybridized carbons (Fsp3) is 0.533. The van der Waals surface area contributed by atoms with Crippen molar-refractivity contribution in [2.75, 3.05) is 12.4 Å². The zero-order valence-corrected chi connectivity index (χ0v) is 13.4. The van der Waals surface area contributed by atoms with Gasteiger partial charge in [0.2, 0.25) is 5.91 Å². The van der Waals surface area contributed by atoms with Crippen molar-refractivity contribution in [1.29, 1.82) is 0 Å². The summed E-state index contributed by atoms with van der Waals surface area (Å²) in [5, 5.41) is 3.84. The number of alkyl halides is 1. The molecule has 1 aromatic rings. The number of methoxy groups -OCH3 is 1. The number of ether oxygens (including phenoxy) is 1. The number of carbonyl (C=O) groups is 1. The molecular formula is C15H22BrNO2. The van der Waals surface area contributed by atoms with E-state index in [1.165, 1.54) is 0 Å². The Bertz CT molecular complexity index is 407. The fourth-order valence-corrected chi connectivity index (χ4v) is 2.40. The second-order valence-electron chi connectivity index (χ2n) is 5.08. The summed E-state index contributed by atoms with van der Waals surface area (Å²) in [6.07, 6.45) is 1.37. The molecule has 19 heavy (non-hydrogen) atoms. The van der Waals surface area contributed by atoms with Crippen molar-refractivity contribution in [3.63, 3.8) is 0 Å². The second-order valence-corrected chi connectivity index (χ2v) is 5.72. The van der Waals surface area contributed by atoms with Gasteiger partial charge in [-0.3, -0.25) is 4.79 Å². The number of halogens is 1. The van der Waals surface area contributed by atoms with Crippen LogP contribution in [0, 0.1) is 5.92 Å². The van der Waals surface area contributed by atoms with E-state index in [2.05, 4.69) is 35.1 Å². The Hall–Kier alpha value is -1.03. The van der Waals surface area contributed by atoms with Gasteiger partial charge in [0.05, 0.1) is 13.5 Å². The Morgan fingerprint density at radius 1 is 1.42 bits per heavy atom. The van der Waals surface area contributed by atoms with Crippen LogP contribution < -0.4 is 10.1 Å². The van der Waals surface area contributed by atoms with E-state index in [9.17, 15) is 4.79 Å². The highest BCUT2D eigenvalue weighted by atomic mass is 79.9. The number of hydrogen-bond acceptors (Lipinski definition) is 2. The van der Waals surface area contributed by atoms with Crippen LogP contribution in [0.25, 0.3) is 0 Å². The third-order valence-electron chi connectivity index (χ3n) is 2.81. The van der Waals surface area contributed by atoms with E-state index in [4.69, 9.17) is 4.74 Å². The van der Waals surface area contributed by atoms with E-state index in [1.807, 2.05) is 24.3 Å². The maximum atomic E-state index is 12.0. The van der Waals surface area contributed by atoms with Crippen LogP contribution in [0.15, 0.2) is 24.3 Å². The van der Waals surface area contributed by atoms with Gasteiger partial charge >= 0.3 is 0 Å². The maximum Gasteiger partial charge on any atom is 0.224 e. The lowest BCUT2D eigenvalue weighted by Crippen LogP contribution is -2.37. The van der Waals surface area contributed by atoms with Crippen molar-refractivity contribution in [3.05, 3.63) is 29.8 Å². The molecule has 0 aliphatic rings. The first kappa shape index (κ1) is 16.0. The lowest BCUT2D eigenvalue weighted by Gasteiger charge is -2.18. The van der Waals surface area contributed by atoms with Gasteiger partial charge in [0, 0.05) is 11.4 Å². The Labute approximate surface area is 123 Å². The Balaban J connectivity index is 2.53. The molecule has 0 aliphatic carbocycles. The van der Waals surface area contributed by atoms with E-state index < -0.39 is 0 Å². The zero-order valence-electron chi connectivity index (χ0n) is 11.8. The summed E-state index contributed by atoms with van der Waals surface area (Å²) >= 11 is 3.45. The third kappa shape index (κ3) is 6.10. The molecule has 4 heteroatoms. The van der Waals surface area contributed by atoms with Crippen LogP contribution in [0.3, 0.4) is 0 Å². The molecule has 1 aromatic carbocycles. The number of nitrogens with one attached hydrogen (secondary N) is 1. The molecule has 106 valence electrons. The molecule has 1 N–H and O–H groups in total. The standard InChI is InChI=1S/C15H22BrNO2/c1-11(2)7-13(10-16)17-15(18)9-12-5-4-6-14(8-12)19-3/h4-6,8,11,13H,7,9-10H2,1-3H3,(H,17,18). The first-order chi connectivity index (χ1) is 9.05. The van der Waals surface area contributed by atoms with Crippen molar-refractivity contribution >= 4 is 21.8 Å². The van der Waals surface area contributed by atoms with E-state index >= 15 is 0 Å². The SMILES string of the molecule is COc1cccc(CC(=O)NC(CBr)CC(C)C)c1. The van der Waals surface area contributed by atoms with Crippen LogP contribution in [-0.4, -0.2) is 24.4 Å². The summed E-state index contributed by atoms with van der Waals surface area (Å²) in [7, 11) is 1.63. The van der Waals surface area contributed by atoms with Crippen molar-refractivity contribution in [2.24, 2.45) is 5.92 Å². The number of benzene rings is 1. The van der Waals surface area contributed by atoms with Crippen molar-refractivity contribution in [3.8, 4) is 5.75 Å². The first-order valence-electron chi connectivity index (χ1n) is 6.53. The van der Waals surface area contributed by atoms with Gasteiger partial charge in [0.15, 0.2) is 0 Å². The van der Waals surface area contributed by atoms with Crippen LogP contribution in [0.5, 0.6) is 5.75 Å². The van der Waals surface area contributed by atoms with Crippen molar-refractivity contribution < 1.29 is 9.53 Å². The van der Waals surface area contributed by atoms with Gasteiger partial charge < -0.3 is 10.1 Å². The van der Waals surface area contributed by atoms with E-state index in [1.54, 1.807) is 7.11 Å². The third-order valence-corrected chi connectivity index (χ3v) is 3.59. The highest BCUT2D eigenvalue weighted by Gasteiger charge is 2.13. The van der Waals surface area contributed by atoms with Gasteiger partial charge in [0.1, 0.15) is 5.75 Å². The van der Waals surface area contributed by atoms with Gasteiger partial charge in [-0.15, -0.1) is 0 Å². The highest BCUT2D eigenvalue weighted by molar-refractivity contribution is 9.09. The smallest absolute Gasteiger partial charge is 0.224 e. The summed E-state index contributed by atoms with van der Waals surface area (Å²) < 4.78 is 5.15. The molecule has 1 atom stereocenters. The number of hydrogen-bond donors (Lipinski definition) is 1. The molecule has 0 heterocycles. The van der Waals surface area contributed by atoms with Gasteiger partial charge in [-0.25, -0.2) is 0 Å². The lowest BCUT2D eigenvalue weighted by atomic mass is 10.0. The quantitative estimate of drug-likeness (QED) is 0.781. The number of rotatable bonds is 7. The van der Waals surface area contributed by atoms with E-state index in [-0.39, 0.29) is 11.9 Å². The summed E-state index contributed by atoms with van der Waals surface area (Å²) in [6, 6.07) is 7.80. The number of amides is 1. The Morgan fingerprint density at radius 3 is 2.74 bits per heavy atom. The minimum Gasteiger partial charge on any atom is -0.497 e. The van der Waals surface area contributed by atoms with E-state index in [0.29, 0.717) is 12.3 Å². The minimum atomic E-state index is 0.0540. The molecule has 0 fully saturated rings. The largest absolute Gasteiger partial charge is 0.497 e. The van der Waals surface area contributed by atoms with Crippen LogP contribution in [-0.2, 0) is 11.2 Å². The van der Waals surface area contributed by atoms with Gasteiger partial charge in [-0.2, -0.15) is 0 Å². The molecule has 1 rings (SSSR count). The predicted octanol–water partition coefficient (Wildman–Crippen LogP) is 3.16. The molecule has 1 amide bonds. The van der Waals surface area contributed by atoms with Gasteiger partial charge in [-0.1, -0.05) is 41.9 Å². The highest BCUT2D eigenvalue weighted by Crippen LogP contribution is 2.13. The van der Waals surface area contributed by atoms with Crippen molar-refractivity contribution in [2.45, 2.75) is 32.7 Å². The van der Waals surface area contributed by atoms with Gasteiger partial charge in [0.25, 0.3) is 0 Å². The molecule has 0 aromatic heterocycles. The molecule has 0 saturated heterocycles. The first-order valence-corrected chi connectivity index (χ1v) is 7.65. The monoisotopic (exact) mass is 327 g/mol. The molecule has 0 radical (unpaired) electrons. The average Bonchev–Trinajstić information content (AvgIpc) is 2.37. The van der Waals surface area contributed by atoms with Crippen LogP contribution in [0.1, 0.15) is 25.8 Å². The molecular weight excluding hydrogens is 306 g/mol. The normalized spacial score (nSPS) is 12.3. The second kappa shape index (κ2) is 8.20. The maximum absolute atomic E-state index is 12.0. The predicted molar refractivity (Wildman–Crippen MR) is 81.9 cm³/mol. The average molecular weight is 328 g/mol. The Morgan fingerprint density at radius 2 is 2.16 bits per heavy atom. The molecule has 0 bridgehead atoms. The van der Waals surface area contributed by atoms with Crippen LogP contribution in [0.4, 0.5) is 0 Å². The Kier molecular flexibility index (Phi) is 6.92. The summed E-state index contributed by atoms with van der Waals surface area (Å²) in [6.45, 7) is 4.31. The number of carbonyl (C=O) groups excluding carboxylic acids is 1. The molecule has 0 saturated carbocycles. The van der Waals surface area contributed by atoms with E-state index in [0.717, 1.165) is 23.1 Å². The molecule has 0 aliphatic heterocycles. The lowest BCUT2D eigenvalue weighted by molar-refractivity contribution is -0.121. The zero-order chi connectivity index (χ0) is 14.3. The topological polar surface area (TPSA) is 38.3 Å². The fourth-order valence-electron chi connectivity index (χ4n) is 1.98. The van der Waals surface area contributed by atoms with Crippen LogP contribution >= 0.6 is 15.9 Å². The van der Waals surface area contributed by atoms with Gasteiger partial charge in [-0.05, 0) is 30.0 Å². The van der Waals surface area contributed by atoms with Crippen LogP contribution in [0.2, 0.25) is 0 Å². The molecule has 3 nitrogen and oxygen atoms in total. The summed E-state index contributed by atoms with van der Waals surface area (Å²) in [5.41, 5.74) is 0.967. The summed E-state index contributed by atoms with van der Waals surface area (Å²) in [5.74, 6) is 1.41. The summed E-state index contributed by atoms with van der Waals surface area (Å²) in [4.78, 5) is 12.0. The molecule has 1 unspecified atom stereocenters. The molecule has 0 spiro atoms. The van der Waals surface area contributed by atoms with Crippen molar-refractivity contribution in [1.82, 2.24) is 5.32 Å².